The number of anilines is 1. The van der Waals surface area contributed by atoms with E-state index < -0.39 is 23.9 Å². The fraction of sp³-hybridized carbons (Fsp3) is 0.273. The number of amides is 2. The van der Waals surface area contributed by atoms with Crippen LogP contribution < -0.4 is 10.6 Å². The Morgan fingerprint density at radius 3 is 2.67 bits per heavy atom. The van der Waals surface area contributed by atoms with E-state index in [4.69, 9.17) is 5.11 Å². The van der Waals surface area contributed by atoms with Crippen LogP contribution in [-0.2, 0) is 4.79 Å². The number of rotatable bonds is 4. The number of hydrogen-bond donors (Lipinski definition) is 3. The van der Waals surface area contributed by atoms with Gasteiger partial charge in [-0.05, 0) is 24.6 Å². The Morgan fingerprint density at radius 1 is 1.50 bits per heavy atom. The molecule has 18 heavy (non-hydrogen) atoms. The van der Waals surface area contributed by atoms with Crippen molar-refractivity contribution in [3.8, 4) is 0 Å². The van der Waals surface area contributed by atoms with Crippen LogP contribution in [0.3, 0.4) is 0 Å². The molecule has 0 aliphatic rings. The van der Waals surface area contributed by atoms with Crippen LogP contribution in [0.5, 0.6) is 0 Å². The van der Waals surface area contributed by atoms with Gasteiger partial charge in [-0.15, -0.1) is 0 Å². The van der Waals surface area contributed by atoms with Crippen LogP contribution in [0, 0.1) is 5.82 Å². The molecule has 0 spiro atoms. The number of carbonyl (C=O) groups is 2. The average molecular weight is 319 g/mol. The number of urea groups is 1. The van der Waals surface area contributed by atoms with Gasteiger partial charge >= 0.3 is 12.0 Å². The first-order valence-electron chi connectivity index (χ1n) is 5.19. The monoisotopic (exact) mass is 318 g/mol. The summed E-state index contributed by atoms with van der Waals surface area (Å²) in [6.07, 6.45) is 0.242. The molecule has 0 saturated carbocycles. The molecule has 1 atom stereocenters. The standard InChI is InChI=1S/C11H12BrFN2O3/c1-2-8(10(16)17)14-11(18)15-9-4-3-6(12)5-7(9)13/h3-5,8H,2H2,1H3,(H,16,17)(H2,14,15,18). The molecule has 1 aromatic carbocycles. The van der Waals surface area contributed by atoms with Crippen molar-refractivity contribution in [1.29, 1.82) is 0 Å². The molecule has 2 amide bonds. The van der Waals surface area contributed by atoms with Crippen LogP contribution in [0.15, 0.2) is 22.7 Å². The number of nitrogens with one attached hydrogen (secondary N) is 2. The van der Waals surface area contributed by atoms with Gasteiger partial charge < -0.3 is 15.7 Å². The maximum atomic E-state index is 13.4. The van der Waals surface area contributed by atoms with Gasteiger partial charge in [0.05, 0.1) is 5.69 Å². The van der Waals surface area contributed by atoms with Crippen LogP contribution in [0.2, 0.25) is 0 Å². The van der Waals surface area contributed by atoms with Gasteiger partial charge in [-0.25, -0.2) is 14.0 Å². The summed E-state index contributed by atoms with van der Waals surface area (Å²) < 4.78 is 13.9. The molecule has 0 radical (unpaired) electrons. The van der Waals surface area contributed by atoms with Crippen molar-refractivity contribution < 1.29 is 19.1 Å². The molecular formula is C11H12BrFN2O3. The van der Waals surface area contributed by atoms with E-state index in [1.54, 1.807) is 13.0 Å². The second kappa shape index (κ2) is 6.34. The number of hydrogen-bond acceptors (Lipinski definition) is 2. The highest BCUT2D eigenvalue weighted by molar-refractivity contribution is 9.10. The van der Waals surface area contributed by atoms with Gasteiger partial charge in [-0.3, -0.25) is 0 Å². The van der Waals surface area contributed by atoms with E-state index in [9.17, 15) is 14.0 Å². The van der Waals surface area contributed by atoms with Gasteiger partial charge in [-0.2, -0.15) is 0 Å². The van der Waals surface area contributed by atoms with Crippen molar-refractivity contribution in [3.63, 3.8) is 0 Å². The Morgan fingerprint density at radius 2 is 2.17 bits per heavy atom. The molecule has 0 fully saturated rings. The highest BCUT2D eigenvalue weighted by Crippen LogP contribution is 2.19. The molecule has 1 rings (SSSR count). The van der Waals surface area contributed by atoms with Crippen LogP contribution in [0.4, 0.5) is 14.9 Å². The maximum absolute atomic E-state index is 13.4. The molecule has 0 bridgehead atoms. The second-order valence-electron chi connectivity index (χ2n) is 3.52. The predicted molar refractivity (Wildman–Crippen MR) is 68.0 cm³/mol. The van der Waals surface area contributed by atoms with Gasteiger partial charge in [0, 0.05) is 4.47 Å². The first-order chi connectivity index (χ1) is 8.43. The minimum absolute atomic E-state index is 0.0176. The zero-order valence-electron chi connectivity index (χ0n) is 9.54. The lowest BCUT2D eigenvalue weighted by Gasteiger charge is -2.13. The lowest BCUT2D eigenvalue weighted by molar-refractivity contribution is -0.139. The Labute approximate surface area is 112 Å². The van der Waals surface area contributed by atoms with E-state index in [2.05, 4.69) is 26.6 Å². The van der Waals surface area contributed by atoms with E-state index in [0.29, 0.717) is 4.47 Å². The van der Waals surface area contributed by atoms with Crippen molar-refractivity contribution in [2.24, 2.45) is 0 Å². The van der Waals surface area contributed by atoms with Gasteiger partial charge in [0.1, 0.15) is 11.9 Å². The molecule has 0 saturated heterocycles. The molecule has 0 heterocycles. The number of aliphatic carboxylic acids is 1. The Hall–Kier alpha value is -1.63. The fourth-order valence-electron chi connectivity index (χ4n) is 1.25. The summed E-state index contributed by atoms with van der Waals surface area (Å²) in [5.41, 5.74) is -0.0176. The molecule has 7 heteroatoms. The lowest BCUT2D eigenvalue weighted by atomic mass is 10.2. The highest BCUT2D eigenvalue weighted by Gasteiger charge is 2.18. The number of carboxylic acid groups (broad SMARTS) is 1. The van der Waals surface area contributed by atoms with Crippen molar-refractivity contribution in [2.45, 2.75) is 19.4 Å². The molecule has 3 N–H and O–H groups in total. The van der Waals surface area contributed by atoms with Crippen molar-refractivity contribution in [2.75, 3.05) is 5.32 Å². The Bertz CT molecular complexity index is 468. The Kier molecular flexibility index (Phi) is 5.08. The quantitative estimate of drug-likeness (QED) is 0.798. The summed E-state index contributed by atoms with van der Waals surface area (Å²) in [6, 6.07) is 2.38. The van der Waals surface area contributed by atoms with E-state index in [0.717, 1.165) is 0 Å². The minimum atomic E-state index is -1.14. The number of benzene rings is 1. The van der Waals surface area contributed by atoms with Gasteiger partial charge in [-0.1, -0.05) is 22.9 Å². The summed E-state index contributed by atoms with van der Waals surface area (Å²) in [4.78, 5) is 22.2. The minimum Gasteiger partial charge on any atom is -0.480 e. The normalized spacial score (nSPS) is 11.7. The van der Waals surface area contributed by atoms with Crippen molar-refractivity contribution >= 4 is 33.6 Å². The first-order valence-corrected chi connectivity index (χ1v) is 5.98. The summed E-state index contributed by atoms with van der Waals surface area (Å²) in [6.45, 7) is 1.62. The average Bonchev–Trinajstić information content (AvgIpc) is 2.29. The molecule has 0 aromatic heterocycles. The lowest BCUT2D eigenvalue weighted by Crippen LogP contribution is -2.42. The second-order valence-corrected chi connectivity index (χ2v) is 4.44. The molecule has 98 valence electrons. The third-order valence-electron chi connectivity index (χ3n) is 2.19. The smallest absolute Gasteiger partial charge is 0.326 e. The van der Waals surface area contributed by atoms with E-state index in [1.807, 2.05) is 0 Å². The molecular weight excluding hydrogens is 307 g/mol. The summed E-state index contributed by atoms with van der Waals surface area (Å²) in [7, 11) is 0. The van der Waals surface area contributed by atoms with Crippen LogP contribution in [-0.4, -0.2) is 23.1 Å². The first kappa shape index (κ1) is 14.4. The SMILES string of the molecule is CCC(NC(=O)Nc1ccc(Br)cc1F)C(=O)O. The van der Waals surface area contributed by atoms with Crippen LogP contribution >= 0.6 is 15.9 Å². The van der Waals surface area contributed by atoms with Crippen LogP contribution in [0.1, 0.15) is 13.3 Å². The van der Waals surface area contributed by atoms with Crippen LogP contribution in [0.25, 0.3) is 0 Å². The number of carbonyl (C=O) groups excluding carboxylic acids is 1. The van der Waals surface area contributed by atoms with Gasteiger partial charge in [0.25, 0.3) is 0 Å². The van der Waals surface area contributed by atoms with Crippen molar-refractivity contribution in [3.05, 3.63) is 28.5 Å². The summed E-state index contributed by atoms with van der Waals surface area (Å²) in [5, 5.41) is 13.2. The highest BCUT2D eigenvalue weighted by atomic mass is 79.9. The zero-order valence-corrected chi connectivity index (χ0v) is 11.1. The summed E-state index contributed by atoms with van der Waals surface area (Å²) in [5.74, 6) is -1.74. The fourth-order valence-corrected chi connectivity index (χ4v) is 1.58. The van der Waals surface area contributed by atoms with E-state index >= 15 is 0 Å². The largest absolute Gasteiger partial charge is 0.480 e. The third-order valence-corrected chi connectivity index (χ3v) is 2.68. The molecule has 1 aromatic rings. The Balaban J connectivity index is 2.67. The third kappa shape index (κ3) is 3.99. The predicted octanol–water partition coefficient (Wildman–Crippen LogP) is 2.57. The topological polar surface area (TPSA) is 78.4 Å². The molecule has 1 unspecified atom stereocenters. The molecule has 0 aliphatic carbocycles. The molecule has 5 nitrogen and oxygen atoms in total. The van der Waals surface area contributed by atoms with E-state index in [-0.39, 0.29) is 12.1 Å². The van der Waals surface area contributed by atoms with Crippen molar-refractivity contribution in [1.82, 2.24) is 5.32 Å². The summed E-state index contributed by atoms with van der Waals surface area (Å²) >= 11 is 3.09. The van der Waals surface area contributed by atoms with Gasteiger partial charge in [0.2, 0.25) is 0 Å². The molecule has 0 aliphatic heterocycles. The van der Waals surface area contributed by atoms with E-state index in [1.165, 1.54) is 12.1 Å². The zero-order chi connectivity index (χ0) is 13.7. The van der Waals surface area contributed by atoms with Gasteiger partial charge in [0.15, 0.2) is 0 Å². The number of carboxylic acids is 1. The number of halogens is 2. The maximum Gasteiger partial charge on any atom is 0.326 e.